The molecule has 0 radical (unpaired) electrons. The molecule has 1 aromatic carbocycles. The van der Waals surface area contributed by atoms with E-state index in [9.17, 15) is 0 Å². The predicted molar refractivity (Wildman–Crippen MR) is 72.3 cm³/mol. The Morgan fingerprint density at radius 2 is 2.12 bits per heavy atom. The van der Waals surface area contributed by atoms with Crippen molar-refractivity contribution in [3.8, 4) is 0 Å². The fraction of sp³-hybridized carbons (Fsp3) is 0.250. The lowest BCUT2D eigenvalue weighted by atomic mass is 10.2. The smallest absolute Gasteiger partial charge is 0.0533 e. The van der Waals surface area contributed by atoms with Crippen molar-refractivity contribution in [1.29, 1.82) is 0 Å². The first kappa shape index (κ1) is 12.5. The first-order valence-corrected chi connectivity index (χ1v) is 6.55. The van der Waals surface area contributed by atoms with Crippen LogP contribution in [0, 0.1) is 0 Å². The highest BCUT2D eigenvalue weighted by atomic mass is 35.5. The van der Waals surface area contributed by atoms with Crippen LogP contribution in [0.15, 0.2) is 41.6 Å². The summed E-state index contributed by atoms with van der Waals surface area (Å²) in [6.45, 7) is 0.582. The Kier molecular flexibility index (Phi) is 4.10. The second kappa shape index (κ2) is 5.58. The summed E-state index contributed by atoms with van der Waals surface area (Å²) in [6, 6.07) is 7.79. The molecule has 2 aromatic rings. The number of nitrogens with zero attached hydrogens (tertiary/aromatic N) is 2. The molecular weight excluding hydrogens is 254 g/mol. The molecule has 0 saturated carbocycles. The molecule has 0 aliphatic carbocycles. The van der Waals surface area contributed by atoms with Gasteiger partial charge < -0.3 is 5.73 Å². The number of nitrogens with two attached hydrogens (primary N) is 1. The maximum atomic E-state index is 5.86. The van der Waals surface area contributed by atoms with Gasteiger partial charge in [-0.2, -0.15) is 5.10 Å². The Morgan fingerprint density at radius 3 is 2.65 bits per heavy atom. The number of thioether (sulfide) groups is 1. The second-order valence-corrected chi connectivity index (χ2v) is 5.46. The summed E-state index contributed by atoms with van der Waals surface area (Å²) in [7, 11) is 1.91. The van der Waals surface area contributed by atoms with Gasteiger partial charge in [-0.15, -0.1) is 11.8 Å². The van der Waals surface area contributed by atoms with Gasteiger partial charge in [0, 0.05) is 40.5 Å². The van der Waals surface area contributed by atoms with E-state index in [1.165, 1.54) is 0 Å². The van der Waals surface area contributed by atoms with E-state index in [-0.39, 0.29) is 5.25 Å². The zero-order chi connectivity index (χ0) is 12.3. The van der Waals surface area contributed by atoms with Gasteiger partial charge in [-0.25, -0.2) is 0 Å². The third-order valence-electron chi connectivity index (χ3n) is 2.40. The van der Waals surface area contributed by atoms with E-state index in [0.29, 0.717) is 6.54 Å². The van der Waals surface area contributed by atoms with Gasteiger partial charge in [-0.3, -0.25) is 4.68 Å². The largest absolute Gasteiger partial charge is 0.329 e. The van der Waals surface area contributed by atoms with Crippen molar-refractivity contribution in [2.45, 2.75) is 10.1 Å². The minimum absolute atomic E-state index is 0.227. The fourth-order valence-electron chi connectivity index (χ4n) is 1.54. The lowest BCUT2D eigenvalue weighted by molar-refractivity contribution is 0.766. The molecule has 1 unspecified atom stereocenters. The summed E-state index contributed by atoms with van der Waals surface area (Å²) >= 11 is 7.58. The normalized spacial score (nSPS) is 12.6. The molecule has 0 aliphatic heterocycles. The van der Waals surface area contributed by atoms with Gasteiger partial charge in [0.25, 0.3) is 0 Å². The Bertz CT molecular complexity index is 481. The molecule has 0 fully saturated rings. The van der Waals surface area contributed by atoms with Crippen molar-refractivity contribution in [1.82, 2.24) is 9.78 Å². The molecular formula is C12H14ClN3S. The monoisotopic (exact) mass is 267 g/mol. The van der Waals surface area contributed by atoms with Gasteiger partial charge in [-0.1, -0.05) is 11.6 Å². The molecule has 0 spiro atoms. The number of aryl methyl sites for hydroxylation is 1. The van der Waals surface area contributed by atoms with Gasteiger partial charge in [0.2, 0.25) is 0 Å². The highest BCUT2D eigenvalue weighted by Gasteiger charge is 2.13. The number of benzene rings is 1. The van der Waals surface area contributed by atoms with Crippen LogP contribution < -0.4 is 5.73 Å². The Balaban J connectivity index is 2.12. The third kappa shape index (κ3) is 3.25. The van der Waals surface area contributed by atoms with Crippen LogP contribution in [0.1, 0.15) is 10.8 Å². The number of aromatic nitrogens is 2. The zero-order valence-corrected chi connectivity index (χ0v) is 11.1. The maximum Gasteiger partial charge on any atom is 0.0533 e. The van der Waals surface area contributed by atoms with Gasteiger partial charge in [0.15, 0.2) is 0 Å². The molecule has 1 heterocycles. The van der Waals surface area contributed by atoms with Crippen LogP contribution in [0.5, 0.6) is 0 Å². The molecule has 0 amide bonds. The van der Waals surface area contributed by atoms with Gasteiger partial charge in [0.1, 0.15) is 0 Å². The summed E-state index contributed by atoms with van der Waals surface area (Å²) in [5, 5.41) is 5.14. The van der Waals surface area contributed by atoms with Gasteiger partial charge in [-0.05, 0) is 24.3 Å². The summed E-state index contributed by atoms with van der Waals surface area (Å²) in [5.41, 5.74) is 6.96. The van der Waals surface area contributed by atoms with Crippen molar-refractivity contribution >= 4 is 23.4 Å². The van der Waals surface area contributed by atoms with E-state index in [0.717, 1.165) is 15.5 Å². The molecule has 3 nitrogen and oxygen atoms in total. The number of rotatable bonds is 4. The van der Waals surface area contributed by atoms with Crippen LogP contribution >= 0.6 is 23.4 Å². The molecule has 1 atom stereocenters. The Morgan fingerprint density at radius 1 is 1.41 bits per heavy atom. The number of hydrogen-bond acceptors (Lipinski definition) is 3. The molecule has 2 rings (SSSR count). The Labute approximate surface area is 110 Å². The lowest BCUT2D eigenvalue weighted by Gasteiger charge is -2.12. The first-order valence-electron chi connectivity index (χ1n) is 5.30. The summed E-state index contributed by atoms with van der Waals surface area (Å²) in [5.74, 6) is 0. The van der Waals surface area contributed by atoms with Crippen molar-refractivity contribution < 1.29 is 0 Å². The summed E-state index contributed by atoms with van der Waals surface area (Å²) in [4.78, 5) is 1.16. The highest BCUT2D eigenvalue weighted by Crippen LogP contribution is 2.34. The van der Waals surface area contributed by atoms with Crippen molar-refractivity contribution in [3.05, 3.63) is 47.2 Å². The van der Waals surface area contributed by atoms with E-state index >= 15 is 0 Å². The van der Waals surface area contributed by atoms with Gasteiger partial charge >= 0.3 is 0 Å². The topological polar surface area (TPSA) is 43.8 Å². The zero-order valence-electron chi connectivity index (χ0n) is 9.51. The SMILES string of the molecule is Cn1cc(C(CN)Sc2ccc(Cl)cc2)cn1. The number of halogens is 1. The van der Waals surface area contributed by atoms with E-state index in [4.69, 9.17) is 17.3 Å². The summed E-state index contributed by atoms with van der Waals surface area (Å²) in [6.07, 6.45) is 3.86. The molecule has 5 heteroatoms. The van der Waals surface area contributed by atoms with Crippen molar-refractivity contribution in [3.63, 3.8) is 0 Å². The van der Waals surface area contributed by atoms with Crippen LogP contribution in [-0.4, -0.2) is 16.3 Å². The van der Waals surface area contributed by atoms with Crippen LogP contribution in [0.4, 0.5) is 0 Å². The lowest BCUT2D eigenvalue weighted by Crippen LogP contribution is -2.08. The molecule has 0 aliphatic rings. The molecule has 17 heavy (non-hydrogen) atoms. The van der Waals surface area contributed by atoms with Crippen molar-refractivity contribution in [2.24, 2.45) is 12.8 Å². The average molecular weight is 268 g/mol. The molecule has 0 bridgehead atoms. The fourth-order valence-corrected chi connectivity index (χ4v) is 2.64. The second-order valence-electron chi connectivity index (χ2n) is 3.74. The van der Waals surface area contributed by atoms with E-state index in [2.05, 4.69) is 5.10 Å². The van der Waals surface area contributed by atoms with E-state index in [1.807, 2.05) is 43.7 Å². The minimum atomic E-state index is 0.227. The summed E-state index contributed by atoms with van der Waals surface area (Å²) < 4.78 is 1.79. The van der Waals surface area contributed by atoms with Crippen LogP contribution in [0.25, 0.3) is 0 Å². The van der Waals surface area contributed by atoms with Crippen molar-refractivity contribution in [2.75, 3.05) is 6.54 Å². The average Bonchev–Trinajstić information content (AvgIpc) is 2.75. The molecule has 2 N–H and O–H groups in total. The maximum absolute atomic E-state index is 5.86. The highest BCUT2D eigenvalue weighted by molar-refractivity contribution is 7.99. The standard InChI is InChI=1S/C12H14ClN3S/c1-16-8-9(7-15-16)12(6-14)17-11-4-2-10(13)3-5-11/h2-5,7-8,12H,6,14H2,1H3. The molecule has 0 saturated heterocycles. The quantitative estimate of drug-likeness (QED) is 0.867. The van der Waals surface area contributed by atoms with E-state index in [1.54, 1.807) is 16.4 Å². The van der Waals surface area contributed by atoms with Crippen LogP contribution in [0.3, 0.4) is 0 Å². The first-order chi connectivity index (χ1) is 8.19. The molecule has 90 valence electrons. The third-order valence-corrected chi connectivity index (χ3v) is 3.95. The predicted octanol–water partition coefficient (Wildman–Crippen LogP) is 2.87. The Hall–Kier alpha value is -0.970. The van der Waals surface area contributed by atoms with Gasteiger partial charge in [0.05, 0.1) is 6.20 Å². The minimum Gasteiger partial charge on any atom is -0.329 e. The van der Waals surface area contributed by atoms with E-state index < -0.39 is 0 Å². The number of hydrogen-bond donors (Lipinski definition) is 1. The molecule has 1 aromatic heterocycles. The van der Waals surface area contributed by atoms with Crippen LogP contribution in [0.2, 0.25) is 5.02 Å². The van der Waals surface area contributed by atoms with Crippen LogP contribution in [-0.2, 0) is 7.05 Å².